The summed E-state index contributed by atoms with van der Waals surface area (Å²) in [5.74, 6) is 0.781. The lowest BCUT2D eigenvalue weighted by atomic mass is 9.95. The van der Waals surface area contributed by atoms with E-state index in [1.165, 1.54) is 125 Å². The SMILES string of the molecule is CCc1c[n+](C)c(-c2ccccc2C)cc1C.Cc1ccccc1-c1cc(C2CCCC2)cc[n+]1C.[2H]C([2H])(C)c1c[n+](C)c(-c2ccccc2C)cc1C.[2H]C([2H])(C)c1c[n+](C)c(-c2ccccc2C)cc1C.[2H]C([2H])([2H])c1c[n+](C)c(-c2ccccc2C)cc1C([2H])([2H])C.[2H]C([2H])([2H])c1c[n+](C)c(-c2ccccc2C)cc1C([2H])([2H])C. The zero-order valence-electron chi connectivity index (χ0n) is 79.7. The van der Waals surface area contributed by atoms with E-state index in [0.29, 0.717) is 0 Å². The van der Waals surface area contributed by atoms with Crippen molar-refractivity contribution in [2.75, 3.05) is 0 Å². The zero-order valence-corrected chi connectivity index (χ0v) is 65.7. The number of pyridine rings is 6. The second-order valence-corrected chi connectivity index (χ2v) is 27.6. The molecule has 0 bridgehead atoms. The minimum Gasteiger partial charge on any atom is -0.201 e. The lowest BCUT2D eigenvalue weighted by molar-refractivity contribution is -0.661. The Labute approximate surface area is 647 Å². The van der Waals surface area contributed by atoms with Crippen LogP contribution in [0.5, 0.6) is 0 Å². The highest BCUT2D eigenvalue weighted by molar-refractivity contribution is 5.66. The Morgan fingerprint density at radius 2 is 0.548 bits per heavy atom. The van der Waals surface area contributed by atoms with Crippen LogP contribution in [0.25, 0.3) is 67.5 Å². The van der Waals surface area contributed by atoms with Crippen LogP contribution in [0.4, 0.5) is 0 Å². The molecule has 0 saturated heterocycles. The largest absolute Gasteiger partial charge is 0.212 e. The molecule has 13 rings (SSSR count). The van der Waals surface area contributed by atoms with Crippen molar-refractivity contribution in [3.63, 3.8) is 0 Å². The van der Waals surface area contributed by atoms with E-state index in [-0.39, 0.29) is 22.3 Å². The first kappa shape index (κ1) is 61.7. The minimum absolute atomic E-state index is 0.0554. The number of benzene rings is 6. The highest BCUT2D eigenvalue weighted by Gasteiger charge is 2.23. The molecule has 12 aromatic rings. The van der Waals surface area contributed by atoms with Gasteiger partial charge in [-0.3, -0.25) is 0 Å². The highest BCUT2D eigenvalue weighted by Crippen LogP contribution is 2.36. The Kier molecular flexibility index (Phi) is 22.6. The van der Waals surface area contributed by atoms with Crippen molar-refractivity contribution < 1.29 is 46.6 Å². The molecule has 0 spiro atoms. The number of rotatable bonds is 12. The molecule has 1 aliphatic rings. The van der Waals surface area contributed by atoms with Crippen molar-refractivity contribution in [1.29, 1.82) is 0 Å². The van der Waals surface area contributed by atoms with Crippen molar-refractivity contribution >= 4 is 0 Å². The summed E-state index contributed by atoms with van der Waals surface area (Å²) in [6.45, 7) is 22.1. The molecule has 1 fully saturated rings. The van der Waals surface area contributed by atoms with E-state index in [1.807, 2.05) is 136 Å². The predicted molar refractivity (Wildman–Crippen MR) is 439 cm³/mol. The normalized spacial score (nSPS) is 14.3. The van der Waals surface area contributed by atoms with Crippen LogP contribution in [0.3, 0.4) is 0 Å². The van der Waals surface area contributed by atoms with Gasteiger partial charge in [-0.15, -0.1) is 0 Å². The summed E-state index contributed by atoms with van der Waals surface area (Å²) in [6.07, 6.45) is 11.8. The molecule has 0 radical (unpaired) electrons. The van der Waals surface area contributed by atoms with Crippen LogP contribution in [-0.2, 0) is 74.2 Å². The van der Waals surface area contributed by atoms with Gasteiger partial charge in [-0.1, -0.05) is 157 Å². The van der Waals surface area contributed by atoms with Gasteiger partial charge >= 0.3 is 0 Å². The monoisotopic (exact) mass is 1400 g/mol. The maximum atomic E-state index is 7.98. The van der Waals surface area contributed by atoms with Gasteiger partial charge in [-0.25, -0.2) is 27.4 Å². The second kappa shape index (κ2) is 38.1. The van der Waals surface area contributed by atoms with Gasteiger partial charge in [0.1, 0.15) is 42.3 Å². The molecule has 1 saturated carbocycles. The fraction of sp³-hybridized carbons (Fsp3) is 0.327. The molecule has 0 atom stereocenters. The summed E-state index contributed by atoms with van der Waals surface area (Å²) in [5.41, 5.74) is 29.0. The highest BCUT2D eigenvalue weighted by atomic mass is 14.9. The summed E-state index contributed by atoms with van der Waals surface area (Å²) >= 11 is 0. The molecule has 0 amide bonds. The molecule has 1 aliphatic carbocycles. The van der Waals surface area contributed by atoms with Crippen LogP contribution in [0, 0.1) is 76.0 Å². The van der Waals surface area contributed by atoms with Gasteiger partial charge in [0.2, 0.25) is 34.2 Å². The molecular formula is C98H122N6+6. The van der Waals surface area contributed by atoms with E-state index in [1.54, 1.807) is 49.2 Å². The third kappa shape index (κ3) is 20.3. The van der Waals surface area contributed by atoms with Crippen LogP contribution in [-0.4, -0.2) is 0 Å². The van der Waals surface area contributed by atoms with Crippen molar-refractivity contribution in [2.45, 2.75) is 174 Å². The molecule has 6 aromatic heterocycles. The van der Waals surface area contributed by atoms with E-state index < -0.39 is 39.2 Å². The van der Waals surface area contributed by atoms with Crippen LogP contribution >= 0.6 is 0 Å². The Bertz CT molecular complexity index is 5260. The topological polar surface area (TPSA) is 23.3 Å². The van der Waals surface area contributed by atoms with Gasteiger partial charge in [0, 0.05) is 123 Å². The van der Waals surface area contributed by atoms with E-state index >= 15 is 0 Å². The molecular weight excluding hydrogens is 1260 g/mol. The molecule has 0 unspecified atom stereocenters. The van der Waals surface area contributed by atoms with Gasteiger partial charge in [0.05, 0.1) is 0 Å². The summed E-state index contributed by atoms with van der Waals surface area (Å²) < 4.78 is 121. The molecule has 6 heteroatoms. The number of nitrogens with zero attached hydrogens (tertiary/aromatic N) is 6. The van der Waals surface area contributed by atoms with E-state index in [4.69, 9.17) is 19.2 Å². The number of aromatic nitrogens is 6. The summed E-state index contributed by atoms with van der Waals surface area (Å²) in [4.78, 5) is 0. The molecule has 0 N–H and O–H groups in total. The molecule has 104 heavy (non-hydrogen) atoms. The van der Waals surface area contributed by atoms with E-state index in [0.717, 1.165) is 79.6 Å². The first-order chi connectivity index (χ1) is 55.0. The Morgan fingerprint density at radius 3 is 0.827 bits per heavy atom. The number of aryl methyl sites for hydroxylation is 22. The minimum atomic E-state index is -2.35. The fourth-order valence-corrected chi connectivity index (χ4v) is 13.8. The first-order valence-electron chi connectivity index (χ1n) is 43.5. The van der Waals surface area contributed by atoms with Crippen LogP contribution in [0.15, 0.2) is 225 Å². The van der Waals surface area contributed by atoms with E-state index in [9.17, 15) is 0 Å². The van der Waals surface area contributed by atoms with Gasteiger partial charge < -0.3 is 0 Å². The lowest BCUT2D eigenvalue weighted by Gasteiger charge is -2.11. The summed E-state index contributed by atoms with van der Waals surface area (Å²) in [7, 11) is 11.8. The number of hydrogen-bond donors (Lipinski definition) is 0. The quantitative estimate of drug-likeness (QED) is 0.109. The fourth-order valence-electron chi connectivity index (χ4n) is 13.8. The Hall–Kier alpha value is -9.78. The third-order valence-corrected chi connectivity index (χ3v) is 20.1. The average Bonchev–Trinajstić information content (AvgIpc) is 0.798. The second-order valence-electron chi connectivity index (χ2n) is 27.6. The van der Waals surface area contributed by atoms with Crippen molar-refractivity contribution in [3.05, 3.63) is 320 Å². The van der Waals surface area contributed by atoms with Crippen LogP contribution < -0.4 is 27.4 Å². The maximum absolute atomic E-state index is 7.98. The predicted octanol–water partition coefficient (Wildman–Crippen LogP) is 20.9. The molecule has 6 aromatic carbocycles. The van der Waals surface area contributed by atoms with Crippen molar-refractivity contribution in [3.8, 4) is 67.5 Å². The third-order valence-electron chi connectivity index (χ3n) is 20.1. The Balaban J connectivity index is 0.000000177. The van der Waals surface area contributed by atoms with Crippen LogP contribution in [0.2, 0.25) is 0 Å². The standard InChI is InChI=1S/C18H22N.5C16H20N/c1-14-7-3-6-10-17(14)18-13-16(11-12-19(18)2)15-8-4-5-9-15;2*1-5-14-10-16(17(4)11-13(14)3)15-9-7-6-8-12(15)2;3*1-5-14-11-17(4)16(10-13(14)3)15-9-7-6-8-12(15)2/h3,6-7,10-13,15H,4-5,8-9H2,1-2H3;5*6-11H,5H2,1-4H3/q6*+1/i;2*3D3,5D2;2*5D2;. The molecule has 6 heterocycles. The molecule has 0 aliphatic heterocycles. The first-order valence-corrected chi connectivity index (χ1v) is 36.5. The summed E-state index contributed by atoms with van der Waals surface area (Å²) in [6, 6.07) is 63.8. The molecule has 538 valence electrons. The van der Waals surface area contributed by atoms with Crippen molar-refractivity contribution in [1.82, 2.24) is 0 Å². The smallest absolute Gasteiger partial charge is 0.201 e. The van der Waals surface area contributed by atoms with Gasteiger partial charge in [0.25, 0.3) is 0 Å². The zero-order chi connectivity index (χ0) is 87.5. The molecule has 6 nitrogen and oxygen atoms in total. The van der Waals surface area contributed by atoms with E-state index in [2.05, 4.69) is 180 Å². The number of hydrogen-bond acceptors (Lipinski definition) is 0. The maximum Gasteiger partial charge on any atom is 0.212 e. The van der Waals surface area contributed by atoms with Crippen LogP contribution in [0.1, 0.15) is 180 Å². The Morgan fingerprint density at radius 1 is 0.288 bits per heavy atom. The average molecular weight is 1400 g/mol. The lowest BCUT2D eigenvalue weighted by Crippen LogP contribution is -2.32. The van der Waals surface area contributed by atoms with Gasteiger partial charge in [-0.2, -0.15) is 0 Å². The van der Waals surface area contributed by atoms with Gasteiger partial charge in [-0.05, 0) is 230 Å². The van der Waals surface area contributed by atoms with Gasteiger partial charge in [0.15, 0.2) is 37.2 Å². The van der Waals surface area contributed by atoms with Crippen molar-refractivity contribution in [2.24, 2.45) is 42.3 Å². The summed E-state index contributed by atoms with van der Waals surface area (Å²) in [5, 5.41) is 0.